The zero-order valence-electron chi connectivity index (χ0n) is 10.8. The van der Waals surface area contributed by atoms with Crippen LogP contribution in [0.2, 0.25) is 0 Å². The average Bonchev–Trinajstić information content (AvgIpc) is 2.59. The van der Waals surface area contributed by atoms with E-state index in [1.165, 1.54) is 0 Å². The van der Waals surface area contributed by atoms with E-state index in [1.54, 1.807) is 4.90 Å². The predicted octanol–water partition coefficient (Wildman–Crippen LogP) is 0.570. The monoisotopic (exact) mass is 271 g/mol. The number of nitrogens with zero attached hydrogens (tertiary/aromatic N) is 1. The smallest absolute Gasteiger partial charge is 0.312 e. The molecule has 6 heteroatoms. The number of amides is 2. The highest BCUT2D eigenvalue weighted by molar-refractivity contribution is 7.80. The van der Waals surface area contributed by atoms with Crippen molar-refractivity contribution in [3.8, 4) is 0 Å². The van der Waals surface area contributed by atoms with Crippen LogP contribution in [0.1, 0.15) is 39.0 Å². The fourth-order valence-electron chi connectivity index (χ4n) is 2.24. The van der Waals surface area contributed by atoms with E-state index in [0.717, 1.165) is 32.1 Å². The van der Waals surface area contributed by atoms with Crippen LogP contribution in [0.25, 0.3) is 0 Å². The number of hydrogen-bond acceptors (Lipinski definition) is 3. The number of nitrogens with one attached hydrogen (secondary N) is 1. The lowest BCUT2D eigenvalue weighted by Gasteiger charge is -2.28. The molecule has 0 spiro atoms. The molecule has 0 saturated carbocycles. The van der Waals surface area contributed by atoms with E-state index in [0.29, 0.717) is 6.54 Å². The maximum Gasteiger partial charge on any atom is 0.312 e. The quantitative estimate of drug-likeness (QED) is 0.581. The third kappa shape index (κ3) is 4.25. The van der Waals surface area contributed by atoms with Gasteiger partial charge in [-0.1, -0.05) is 32.0 Å². The molecular formula is C12H21N3O2S. The SMILES string of the molecule is CCC1CCCCCN1C(=O)C(=O)NCC(N)=S. The molecule has 1 heterocycles. The minimum Gasteiger partial charge on any atom is -0.392 e. The second kappa shape index (κ2) is 7.31. The highest BCUT2D eigenvalue weighted by Gasteiger charge is 2.28. The molecule has 0 bridgehead atoms. The van der Waals surface area contributed by atoms with Crippen molar-refractivity contribution in [3.05, 3.63) is 0 Å². The van der Waals surface area contributed by atoms with Crippen molar-refractivity contribution < 1.29 is 9.59 Å². The molecule has 0 aromatic rings. The Bertz CT molecular complexity index is 333. The van der Waals surface area contributed by atoms with Crippen molar-refractivity contribution in [1.29, 1.82) is 0 Å². The van der Waals surface area contributed by atoms with Gasteiger partial charge in [0.1, 0.15) is 0 Å². The molecule has 1 rings (SSSR count). The maximum atomic E-state index is 12.1. The van der Waals surface area contributed by atoms with Crippen LogP contribution in [0.4, 0.5) is 0 Å². The summed E-state index contributed by atoms with van der Waals surface area (Å²) in [6.45, 7) is 2.78. The number of hydrogen-bond donors (Lipinski definition) is 2. The molecule has 1 unspecified atom stereocenters. The molecule has 2 amide bonds. The first-order chi connectivity index (χ1) is 8.56. The number of likely N-dealkylation sites (tertiary alicyclic amines) is 1. The summed E-state index contributed by atoms with van der Waals surface area (Å²) < 4.78 is 0. The van der Waals surface area contributed by atoms with Crippen molar-refractivity contribution >= 4 is 29.0 Å². The molecule has 0 aromatic heterocycles. The Kier molecular flexibility index (Phi) is 6.04. The van der Waals surface area contributed by atoms with E-state index >= 15 is 0 Å². The molecule has 1 fully saturated rings. The summed E-state index contributed by atoms with van der Waals surface area (Å²) in [6.07, 6.45) is 5.07. The van der Waals surface area contributed by atoms with Crippen LogP contribution in [0, 0.1) is 0 Å². The first-order valence-corrected chi connectivity index (χ1v) is 6.84. The van der Waals surface area contributed by atoms with Gasteiger partial charge >= 0.3 is 11.8 Å². The van der Waals surface area contributed by atoms with E-state index in [9.17, 15) is 9.59 Å². The van der Waals surface area contributed by atoms with Crippen LogP contribution in [-0.2, 0) is 9.59 Å². The molecular weight excluding hydrogens is 250 g/mol. The number of rotatable bonds is 3. The molecule has 102 valence electrons. The summed E-state index contributed by atoms with van der Waals surface area (Å²) in [6, 6.07) is 0.176. The van der Waals surface area contributed by atoms with E-state index < -0.39 is 11.8 Å². The van der Waals surface area contributed by atoms with E-state index in [2.05, 4.69) is 17.5 Å². The van der Waals surface area contributed by atoms with E-state index in [1.807, 2.05) is 6.92 Å². The van der Waals surface area contributed by atoms with Gasteiger partial charge in [-0.3, -0.25) is 9.59 Å². The molecule has 1 aliphatic heterocycles. The van der Waals surface area contributed by atoms with Crippen molar-refractivity contribution in [3.63, 3.8) is 0 Å². The zero-order chi connectivity index (χ0) is 13.5. The molecule has 18 heavy (non-hydrogen) atoms. The van der Waals surface area contributed by atoms with Gasteiger partial charge in [0.2, 0.25) is 0 Å². The summed E-state index contributed by atoms with van der Waals surface area (Å²) in [5.74, 6) is -1.07. The van der Waals surface area contributed by atoms with Crippen LogP contribution in [-0.4, -0.2) is 40.8 Å². The summed E-state index contributed by atoms with van der Waals surface area (Å²) >= 11 is 4.66. The minimum absolute atomic E-state index is 0.0739. The molecule has 5 nitrogen and oxygen atoms in total. The van der Waals surface area contributed by atoms with E-state index in [-0.39, 0.29) is 17.6 Å². The number of carbonyl (C=O) groups is 2. The molecule has 0 aliphatic carbocycles. The van der Waals surface area contributed by atoms with Gasteiger partial charge in [0.05, 0.1) is 11.5 Å². The van der Waals surface area contributed by atoms with Crippen molar-refractivity contribution in [1.82, 2.24) is 10.2 Å². The lowest BCUT2D eigenvalue weighted by molar-refractivity contribution is -0.147. The predicted molar refractivity (Wildman–Crippen MR) is 74.1 cm³/mol. The number of carbonyl (C=O) groups excluding carboxylic acids is 2. The van der Waals surface area contributed by atoms with Gasteiger partial charge < -0.3 is 16.0 Å². The van der Waals surface area contributed by atoms with Gasteiger partial charge in [0.15, 0.2) is 0 Å². The normalized spacial score (nSPS) is 20.1. The third-order valence-corrected chi connectivity index (χ3v) is 3.37. The van der Waals surface area contributed by atoms with Gasteiger partial charge in [-0.25, -0.2) is 0 Å². The van der Waals surface area contributed by atoms with Gasteiger partial charge in [-0.2, -0.15) is 0 Å². The topological polar surface area (TPSA) is 75.4 Å². The van der Waals surface area contributed by atoms with Crippen LogP contribution < -0.4 is 11.1 Å². The molecule has 0 radical (unpaired) electrons. The van der Waals surface area contributed by atoms with Gasteiger partial charge in [0, 0.05) is 12.6 Å². The Hall–Kier alpha value is -1.17. The highest BCUT2D eigenvalue weighted by atomic mass is 32.1. The number of nitrogens with two attached hydrogens (primary N) is 1. The summed E-state index contributed by atoms with van der Waals surface area (Å²) in [7, 11) is 0. The fourth-order valence-corrected chi connectivity index (χ4v) is 2.31. The Labute approximate surface area is 113 Å². The van der Waals surface area contributed by atoms with Crippen molar-refractivity contribution in [2.75, 3.05) is 13.1 Å². The largest absolute Gasteiger partial charge is 0.392 e. The minimum atomic E-state index is -0.608. The molecule has 3 N–H and O–H groups in total. The average molecular weight is 271 g/mol. The Morgan fingerprint density at radius 2 is 2.11 bits per heavy atom. The lowest BCUT2D eigenvalue weighted by Crippen LogP contribution is -2.48. The van der Waals surface area contributed by atoms with Crippen LogP contribution in [0.15, 0.2) is 0 Å². The Balaban J connectivity index is 2.61. The van der Waals surface area contributed by atoms with Gasteiger partial charge in [0.25, 0.3) is 0 Å². The molecule has 0 aromatic carbocycles. The third-order valence-electron chi connectivity index (χ3n) is 3.23. The highest BCUT2D eigenvalue weighted by Crippen LogP contribution is 2.19. The zero-order valence-corrected chi connectivity index (χ0v) is 11.6. The van der Waals surface area contributed by atoms with Crippen LogP contribution in [0.3, 0.4) is 0 Å². The first kappa shape index (κ1) is 14.9. The second-order valence-corrected chi connectivity index (χ2v) is 5.08. The Morgan fingerprint density at radius 3 is 2.72 bits per heavy atom. The van der Waals surface area contributed by atoms with Crippen LogP contribution in [0.5, 0.6) is 0 Å². The Morgan fingerprint density at radius 1 is 1.39 bits per heavy atom. The van der Waals surface area contributed by atoms with Crippen LogP contribution >= 0.6 is 12.2 Å². The fraction of sp³-hybridized carbons (Fsp3) is 0.750. The standard InChI is InChI=1S/C12H21N3O2S/c1-2-9-6-4-3-5-7-15(9)12(17)11(16)14-8-10(13)18/h9H,2-8H2,1H3,(H2,13,18)(H,14,16). The lowest BCUT2D eigenvalue weighted by atomic mass is 10.1. The maximum absolute atomic E-state index is 12.1. The summed E-state index contributed by atoms with van der Waals surface area (Å²) in [5.41, 5.74) is 5.29. The van der Waals surface area contributed by atoms with Gasteiger partial charge in [-0.15, -0.1) is 0 Å². The first-order valence-electron chi connectivity index (χ1n) is 6.43. The van der Waals surface area contributed by atoms with Crippen molar-refractivity contribution in [2.45, 2.75) is 45.1 Å². The molecule has 1 aliphatic rings. The van der Waals surface area contributed by atoms with E-state index in [4.69, 9.17) is 5.73 Å². The molecule has 1 atom stereocenters. The summed E-state index contributed by atoms with van der Waals surface area (Å²) in [4.78, 5) is 25.6. The van der Waals surface area contributed by atoms with Crippen molar-refractivity contribution in [2.24, 2.45) is 5.73 Å². The summed E-state index contributed by atoms with van der Waals surface area (Å²) in [5, 5.41) is 2.45. The number of thiocarbonyl (C=S) groups is 1. The molecule has 1 saturated heterocycles. The van der Waals surface area contributed by atoms with Gasteiger partial charge in [-0.05, 0) is 19.3 Å². The second-order valence-electron chi connectivity index (χ2n) is 4.56.